The summed E-state index contributed by atoms with van der Waals surface area (Å²) in [5.74, 6) is 0. The molecule has 1 aromatic carbocycles. The third kappa shape index (κ3) is 2.94. The van der Waals surface area contributed by atoms with Crippen LogP contribution in [0.15, 0.2) is 24.3 Å². The fourth-order valence-electron chi connectivity index (χ4n) is 1.58. The van der Waals surface area contributed by atoms with Crippen LogP contribution in [0.1, 0.15) is 25.0 Å². The van der Waals surface area contributed by atoms with Gasteiger partial charge in [0.25, 0.3) is 0 Å². The van der Waals surface area contributed by atoms with E-state index < -0.39 is 20.1 Å². The minimum Gasteiger partial charge on any atom is -0.385 e. The van der Waals surface area contributed by atoms with E-state index in [1.165, 1.54) is 6.07 Å². The molecule has 0 fully saturated rings. The highest BCUT2D eigenvalue weighted by Gasteiger charge is 2.44. The summed E-state index contributed by atoms with van der Waals surface area (Å²) in [5.41, 5.74) is 0.389. The Labute approximate surface area is 111 Å². The second-order valence-electron chi connectivity index (χ2n) is 3.87. The molecule has 0 amide bonds. The zero-order chi connectivity index (χ0) is 13.3. The van der Waals surface area contributed by atoms with Crippen LogP contribution in [0.2, 0.25) is 5.02 Å². The van der Waals surface area contributed by atoms with Crippen molar-refractivity contribution in [3.8, 4) is 0 Å². The van der Waals surface area contributed by atoms with Crippen molar-refractivity contribution in [2.75, 3.05) is 6.26 Å². The first kappa shape index (κ1) is 14.8. The second-order valence-corrected chi connectivity index (χ2v) is 7.48. The molecule has 0 aliphatic heterocycles. The quantitative estimate of drug-likeness (QED) is 0.869. The number of rotatable bonds is 4. The molecule has 0 aromatic heterocycles. The first-order valence-corrected chi connectivity index (χ1v) is 7.69. The van der Waals surface area contributed by atoms with E-state index in [1.54, 1.807) is 25.1 Å². The first-order valence-electron chi connectivity index (χ1n) is 5.04. The lowest BCUT2D eigenvalue weighted by Gasteiger charge is -2.29. The summed E-state index contributed by atoms with van der Waals surface area (Å²) in [6.07, 6.45) is -0.207. The normalized spacial score (nSPS) is 17.5. The molecular weight excluding hydrogens is 283 g/mol. The van der Waals surface area contributed by atoms with Gasteiger partial charge in [0, 0.05) is 11.3 Å². The molecule has 0 aliphatic rings. The average molecular weight is 297 g/mol. The molecule has 0 radical (unpaired) electrons. The van der Waals surface area contributed by atoms with Crippen LogP contribution >= 0.6 is 23.2 Å². The highest BCUT2D eigenvalue weighted by atomic mass is 35.5. The Balaban J connectivity index is 3.24. The molecule has 17 heavy (non-hydrogen) atoms. The van der Waals surface area contributed by atoms with Gasteiger partial charge in [-0.1, -0.05) is 42.3 Å². The van der Waals surface area contributed by atoms with Gasteiger partial charge < -0.3 is 5.11 Å². The van der Waals surface area contributed by atoms with Crippen molar-refractivity contribution in [2.24, 2.45) is 0 Å². The maximum atomic E-state index is 11.7. The van der Waals surface area contributed by atoms with Crippen molar-refractivity contribution < 1.29 is 13.5 Å². The molecule has 0 unspecified atom stereocenters. The lowest BCUT2D eigenvalue weighted by Crippen LogP contribution is -2.37. The van der Waals surface area contributed by atoms with Gasteiger partial charge >= 0.3 is 0 Å². The van der Waals surface area contributed by atoms with E-state index in [1.807, 2.05) is 0 Å². The molecule has 0 saturated heterocycles. The van der Waals surface area contributed by atoms with Crippen LogP contribution in [0.4, 0.5) is 0 Å². The van der Waals surface area contributed by atoms with E-state index >= 15 is 0 Å². The van der Waals surface area contributed by atoms with Gasteiger partial charge in [0.2, 0.25) is 0 Å². The lowest BCUT2D eigenvalue weighted by molar-refractivity contribution is 0.155. The van der Waals surface area contributed by atoms with Crippen LogP contribution in [0, 0.1) is 0 Å². The molecule has 0 saturated carbocycles. The van der Waals surface area contributed by atoms with E-state index in [0.29, 0.717) is 10.6 Å². The molecule has 1 N–H and O–H groups in total. The van der Waals surface area contributed by atoms with Gasteiger partial charge in [0.05, 0.1) is 0 Å². The number of hydrogen-bond acceptors (Lipinski definition) is 3. The Morgan fingerprint density at radius 2 is 2.06 bits per heavy atom. The SMILES string of the molecule is CC[C@](Cl)([C@@H](O)c1cccc(Cl)c1)S(C)(=O)=O. The predicted octanol–water partition coefficient (Wildman–Crippen LogP) is 2.76. The minimum atomic E-state index is -3.60. The zero-order valence-electron chi connectivity index (χ0n) is 9.52. The fraction of sp³-hybridized carbons (Fsp3) is 0.455. The van der Waals surface area contributed by atoms with Crippen molar-refractivity contribution in [3.05, 3.63) is 34.9 Å². The summed E-state index contributed by atoms with van der Waals surface area (Å²) >= 11 is 11.8. The summed E-state index contributed by atoms with van der Waals surface area (Å²) in [5, 5.41) is 10.6. The van der Waals surface area contributed by atoms with E-state index in [-0.39, 0.29) is 6.42 Å². The van der Waals surface area contributed by atoms with Gasteiger partial charge in [0.1, 0.15) is 6.10 Å². The van der Waals surface area contributed by atoms with Crippen molar-refractivity contribution in [2.45, 2.75) is 23.7 Å². The molecule has 3 nitrogen and oxygen atoms in total. The maximum absolute atomic E-state index is 11.7. The van der Waals surface area contributed by atoms with Crippen LogP contribution in [-0.2, 0) is 9.84 Å². The summed E-state index contributed by atoms with van der Waals surface area (Å²) < 4.78 is 21.6. The van der Waals surface area contributed by atoms with Crippen LogP contribution in [-0.4, -0.2) is 24.0 Å². The number of hydrogen-bond donors (Lipinski definition) is 1. The molecule has 2 atom stereocenters. The molecule has 0 spiro atoms. The minimum absolute atomic E-state index is 0.0983. The largest absolute Gasteiger partial charge is 0.385 e. The number of aliphatic hydroxyl groups is 1. The van der Waals surface area contributed by atoms with Crippen molar-refractivity contribution in [3.63, 3.8) is 0 Å². The highest BCUT2D eigenvalue weighted by molar-refractivity contribution is 7.93. The number of aliphatic hydroxyl groups excluding tert-OH is 1. The Morgan fingerprint density at radius 1 is 1.47 bits per heavy atom. The Hall–Kier alpha value is -0.290. The third-order valence-electron chi connectivity index (χ3n) is 2.67. The second kappa shape index (κ2) is 5.14. The number of halogens is 2. The predicted molar refractivity (Wildman–Crippen MR) is 70.1 cm³/mol. The van der Waals surface area contributed by atoms with Crippen LogP contribution < -0.4 is 0 Å². The van der Waals surface area contributed by atoms with Crippen LogP contribution in [0.3, 0.4) is 0 Å². The van der Waals surface area contributed by atoms with Gasteiger partial charge in [0.15, 0.2) is 14.0 Å². The maximum Gasteiger partial charge on any atom is 0.174 e. The van der Waals surface area contributed by atoms with Crippen molar-refractivity contribution in [1.82, 2.24) is 0 Å². The van der Waals surface area contributed by atoms with Crippen LogP contribution in [0.5, 0.6) is 0 Å². The Kier molecular flexibility index (Phi) is 4.47. The highest BCUT2D eigenvalue weighted by Crippen LogP contribution is 2.39. The summed E-state index contributed by atoms with van der Waals surface area (Å²) in [6, 6.07) is 6.37. The standard InChI is InChI=1S/C11H14Cl2O3S/c1-3-11(13,17(2,15)16)10(14)8-5-4-6-9(12)7-8/h4-7,10,14H,3H2,1-2H3/t10-,11+/m0/s1. The van der Waals surface area contributed by atoms with Gasteiger partial charge in [-0.25, -0.2) is 8.42 Å². The first-order chi connectivity index (χ1) is 7.72. The lowest BCUT2D eigenvalue weighted by atomic mass is 10.0. The van der Waals surface area contributed by atoms with E-state index in [0.717, 1.165) is 6.26 Å². The van der Waals surface area contributed by atoms with E-state index in [2.05, 4.69) is 0 Å². The fourth-order valence-corrected chi connectivity index (χ4v) is 2.97. The smallest absolute Gasteiger partial charge is 0.174 e. The van der Waals surface area contributed by atoms with E-state index in [4.69, 9.17) is 23.2 Å². The molecule has 0 heterocycles. The number of sulfone groups is 1. The van der Waals surface area contributed by atoms with E-state index in [9.17, 15) is 13.5 Å². The zero-order valence-corrected chi connectivity index (χ0v) is 11.9. The molecule has 6 heteroatoms. The van der Waals surface area contributed by atoms with Crippen molar-refractivity contribution >= 4 is 33.0 Å². The summed E-state index contributed by atoms with van der Waals surface area (Å²) in [7, 11) is -3.60. The molecule has 96 valence electrons. The molecule has 0 bridgehead atoms. The Morgan fingerprint density at radius 3 is 2.47 bits per heavy atom. The molecular formula is C11H14Cl2O3S. The third-order valence-corrected chi connectivity index (χ3v) is 5.97. The van der Waals surface area contributed by atoms with Gasteiger partial charge in [-0.2, -0.15) is 0 Å². The summed E-state index contributed by atoms with van der Waals surface area (Å²) in [4.78, 5) is 0. The number of benzene rings is 1. The Bertz CT molecular complexity index is 501. The monoisotopic (exact) mass is 296 g/mol. The molecule has 1 aromatic rings. The topological polar surface area (TPSA) is 54.4 Å². The van der Waals surface area contributed by atoms with Gasteiger partial charge in [-0.05, 0) is 24.1 Å². The van der Waals surface area contributed by atoms with Gasteiger partial charge in [-0.15, -0.1) is 0 Å². The molecule has 1 rings (SSSR count). The van der Waals surface area contributed by atoms with Crippen molar-refractivity contribution in [1.29, 1.82) is 0 Å². The van der Waals surface area contributed by atoms with Gasteiger partial charge in [-0.3, -0.25) is 0 Å². The number of alkyl halides is 1. The van der Waals surface area contributed by atoms with Crippen LogP contribution in [0.25, 0.3) is 0 Å². The average Bonchev–Trinajstić information content (AvgIpc) is 2.25. The molecule has 0 aliphatic carbocycles. The summed E-state index contributed by atoms with van der Waals surface area (Å²) in [6.45, 7) is 1.61.